The van der Waals surface area contributed by atoms with E-state index in [0.717, 1.165) is 0 Å². The van der Waals surface area contributed by atoms with Gasteiger partial charge >= 0.3 is 5.97 Å². The van der Waals surface area contributed by atoms with E-state index in [9.17, 15) is 9.59 Å². The Bertz CT molecular complexity index is 480. The number of carbonyl (C=O) groups is 2. The van der Waals surface area contributed by atoms with E-state index in [1.54, 1.807) is 36.3 Å². The topological polar surface area (TPSA) is 66.8 Å². The van der Waals surface area contributed by atoms with E-state index in [4.69, 9.17) is 9.84 Å². The van der Waals surface area contributed by atoms with Gasteiger partial charge in [-0.2, -0.15) is 0 Å². The second-order valence-electron chi connectivity index (χ2n) is 4.62. The molecule has 1 heterocycles. The third-order valence-corrected chi connectivity index (χ3v) is 3.39. The zero-order valence-corrected chi connectivity index (χ0v) is 10.8. The summed E-state index contributed by atoms with van der Waals surface area (Å²) in [6.07, 6.45) is 0.936. The number of aryl methyl sites for hydroxylation is 1. The van der Waals surface area contributed by atoms with Gasteiger partial charge in [-0.1, -0.05) is 18.2 Å². The Hall–Kier alpha value is -1.88. The highest BCUT2D eigenvalue weighted by atomic mass is 16.5. The Labute approximate surface area is 111 Å². The molecule has 0 atom stereocenters. The highest BCUT2D eigenvalue weighted by Crippen LogP contribution is 2.15. The first kappa shape index (κ1) is 13.5. The predicted octanol–water partition coefficient (Wildman–Crippen LogP) is 1.17. The monoisotopic (exact) mass is 263 g/mol. The molecular weight excluding hydrogens is 246 g/mol. The number of hydrogen-bond donors (Lipinski definition) is 1. The molecule has 0 saturated carbocycles. The highest BCUT2D eigenvalue weighted by molar-refractivity contribution is 5.89. The van der Waals surface area contributed by atoms with Gasteiger partial charge in [0.2, 0.25) is 5.91 Å². The van der Waals surface area contributed by atoms with Crippen LogP contribution < -0.4 is 0 Å². The van der Waals surface area contributed by atoms with Gasteiger partial charge in [0.25, 0.3) is 0 Å². The van der Waals surface area contributed by atoms with Gasteiger partial charge in [0.15, 0.2) is 0 Å². The van der Waals surface area contributed by atoms with Crippen molar-refractivity contribution < 1.29 is 19.4 Å². The number of rotatable bonds is 5. The van der Waals surface area contributed by atoms with Crippen molar-refractivity contribution in [2.75, 3.05) is 20.2 Å². The third kappa shape index (κ3) is 3.12. The van der Waals surface area contributed by atoms with E-state index >= 15 is 0 Å². The maximum absolute atomic E-state index is 11.9. The zero-order chi connectivity index (χ0) is 13.8. The molecule has 0 unspecified atom stereocenters. The lowest BCUT2D eigenvalue weighted by molar-refractivity contribution is -0.142. The molecular formula is C14H17NO4. The molecule has 2 rings (SSSR count). The molecule has 1 aromatic carbocycles. The first-order valence-electron chi connectivity index (χ1n) is 6.23. The second-order valence-corrected chi connectivity index (χ2v) is 4.62. The summed E-state index contributed by atoms with van der Waals surface area (Å²) >= 11 is 0. The molecule has 19 heavy (non-hydrogen) atoms. The van der Waals surface area contributed by atoms with Crippen LogP contribution in [0.2, 0.25) is 0 Å². The molecule has 0 aromatic heterocycles. The van der Waals surface area contributed by atoms with Crippen molar-refractivity contribution in [1.82, 2.24) is 4.90 Å². The number of amides is 1. The fraction of sp³-hybridized carbons (Fsp3) is 0.429. The van der Waals surface area contributed by atoms with Crippen molar-refractivity contribution in [1.29, 1.82) is 0 Å². The quantitative estimate of drug-likeness (QED) is 0.866. The number of hydrogen-bond acceptors (Lipinski definition) is 3. The van der Waals surface area contributed by atoms with Crippen molar-refractivity contribution in [3.63, 3.8) is 0 Å². The van der Waals surface area contributed by atoms with Crippen LogP contribution in [-0.2, 0) is 16.0 Å². The molecule has 0 aliphatic carbocycles. The molecule has 1 saturated heterocycles. The fourth-order valence-electron chi connectivity index (χ4n) is 2.14. The van der Waals surface area contributed by atoms with Crippen molar-refractivity contribution in [2.24, 2.45) is 0 Å². The van der Waals surface area contributed by atoms with Crippen LogP contribution in [0.25, 0.3) is 0 Å². The number of nitrogens with zero attached hydrogens (tertiary/aromatic N) is 1. The van der Waals surface area contributed by atoms with Crippen molar-refractivity contribution in [3.05, 3.63) is 35.4 Å². The summed E-state index contributed by atoms with van der Waals surface area (Å²) in [6, 6.07) is 6.79. The fourth-order valence-corrected chi connectivity index (χ4v) is 2.14. The summed E-state index contributed by atoms with van der Waals surface area (Å²) in [6.45, 7) is 1.27. The van der Waals surface area contributed by atoms with Crippen LogP contribution in [-0.4, -0.2) is 48.2 Å². The smallest absolute Gasteiger partial charge is 0.335 e. The third-order valence-electron chi connectivity index (χ3n) is 3.39. The van der Waals surface area contributed by atoms with Gasteiger partial charge in [0.1, 0.15) is 0 Å². The number of aromatic carboxylic acids is 1. The number of methoxy groups -OCH3 is 1. The first-order chi connectivity index (χ1) is 9.11. The van der Waals surface area contributed by atoms with E-state index in [2.05, 4.69) is 0 Å². The predicted molar refractivity (Wildman–Crippen MR) is 69.1 cm³/mol. The number of carboxylic acids is 1. The van der Waals surface area contributed by atoms with E-state index in [1.807, 2.05) is 0 Å². The van der Waals surface area contributed by atoms with E-state index in [1.165, 1.54) is 0 Å². The minimum Gasteiger partial charge on any atom is -0.478 e. The molecule has 1 amide bonds. The van der Waals surface area contributed by atoms with Crippen molar-refractivity contribution in [3.8, 4) is 0 Å². The number of ether oxygens (including phenoxy) is 1. The Morgan fingerprint density at radius 3 is 2.68 bits per heavy atom. The SMILES string of the molecule is COC1CN(C(=O)CCc2ccccc2C(=O)O)C1. The summed E-state index contributed by atoms with van der Waals surface area (Å²) in [7, 11) is 1.63. The molecule has 0 spiro atoms. The van der Waals surface area contributed by atoms with Gasteiger partial charge in [-0.25, -0.2) is 4.79 Å². The van der Waals surface area contributed by atoms with Gasteiger partial charge in [0.05, 0.1) is 11.7 Å². The maximum atomic E-state index is 11.9. The van der Waals surface area contributed by atoms with Crippen LogP contribution in [0, 0.1) is 0 Å². The molecule has 1 aromatic rings. The van der Waals surface area contributed by atoms with Gasteiger partial charge < -0.3 is 14.7 Å². The van der Waals surface area contributed by atoms with Crippen LogP contribution in [0.5, 0.6) is 0 Å². The van der Waals surface area contributed by atoms with Gasteiger partial charge in [-0.05, 0) is 18.1 Å². The van der Waals surface area contributed by atoms with E-state index < -0.39 is 5.97 Å². The first-order valence-corrected chi connectivity index (χ1v) is 6.23. The number of benzene rings is 1. The van der Waals surface area contributed by atoms with Gasteiger partial charge in [0, 0.05) is 26.6 Å². The highest BCUT2D eigenvalue weighted by Gasteiger charge is 2.29. The van der Waals surface area contributed by atoms with Gasteiger partial charge in [-0.15, -0.1) is 0 Å². The average molecular weight is 263 g/mol. The standard InChI is InChI=1S/C14H17NO4/c1-19-11-8-15(9-11)13(16)7-6-10-4-2-3-5-12(10)14(17)18/h2-5,11H,6-9H2,1H3,(H,17,18). The molecule has 1 N–H and O–H groups in total. The van der Waals surface area contributed by atoms with Crippen LogP contribution >= 0.6 is 0 Å². The second kappa shape index (κ2) is 5.84. The summed E-state index contributed by atoms with van der Waals surface area (Å²) in [5.41, 5.74) is 0.973. The summed E-state index contributed by atoms with van der Waals surface area (Å²) in [5, 5.41) is 9.05. The lowest BCUT2D eigenvalue weighted by atomic mass is 10.0. The van der Waals surface area contributed by atoms with Crippen LogP contribution in [0.1, 0.15) is 22.3 Å². The molecule has 0 bridgehead atoms. The average Bonchev–Trinajstić information content (AvgIpc) is 2.35. The zero-order valence-electron chi connectivity index (χ0n) is 10.8. The summed E-state index contributed by atoms with van der Waals surface area (Å²) < 4.78 is 5.11. The normalized spacial score (nSPS) is 15.1. The molecule has 1 aliphatic heterocycles. The number of likely N-dealkylation sites (tertiary alicyclic amines) is 1. The molecule has 5 nitrogen and oxygen atoms in total. The van der Waals surface area contributed by atoms with E-state index in [-0.39, 0.29) is 17.6 Å². The molecule has 5 heteroatoms. The van der Waals surface area contributed by atoms with Crippen molar-refractivity contribution >= 4 is 11.9 Å². The van der Waals surface area contributed by atoms with Crippen LogP contribution in [0.4, 0.5) is 0 Å². The minimum atomic E-state index is -0.952. The summed E-state index contributed by atoms with van der Waals surface area (Å²) in [4.78, 5) is 24.6. The Morgan fingerprint density at radius 2 is 2.05 bits per heavy atom. The maximum Gasteiger partial charge on any atom is 0.335 e. The molecule has 0 radical (unpaired) electrons. The molecule has 102 valence electrons. The lowest BCUT2D eigenvalue weighted by Crippen LogP contribution is -2.54. The van der Waals surface area contributed by atoms with Gasteiger partial charge in [-0.3, -0.25) is 4.79 Å². The Balaban J connectivity index is 1.89. The largest absolute Gasteiger partial charge is 0.478 e. The lowest BCUT2D eigenvalue weighted by Gasteiger charge is -2.38. The molecule has 1 fully saturated rings. The van der Waals surface area contributed by atoms with E-state index in [0.29, 0.717) is 31.5 Å². The Morgan fingerprint density at radius 1 is 1.37 bits per heavy atom. The molecule has 1 aliphatic rings. The van der Waals surface area contributed by atoms with Crippen LogP contribution in [0.3, 0.4) is 0 Å². The van der Waals surface area contributed by atoms with Crippen molar-refractivity contribution in [2.45, 2.75) is 18.9 Å². The number of carbonyl (C=O) groups excluding carboxylic acids is 1. The summed E-state index contributed by atoms with van der Waals surface area (Å²) in [5.74, 6) is -0.903. The minimum absolute atomic E-state index is 0.0495. The Kier molecular flexibility index (Phi) is 4.16. The van der Waals surface area contributed by atoms with Crippen LogP contribution in [0.15, 0.2) is 24.3 Å². The number of carboxylic acid groups (broad SMARTS) is 1.